The van der Waals surface area contributed by atoms with E-state index in [-0.39, 0.29) is 11.5 Å². The van der Waals surface area contributed by atoms with Gasteiger partial charge in [-0.3, -0.25) is 14.5 Å². The van der Waals surface area contributed by atoms with E-state index in [9.17, 15) is 4.79 Å². The molecule has 0 amide bonds. The van der Waals surface area contributed by atoms with Crippen LogP contribution in [0.4, 0.5) is 11.6 Å². The lowest BCUT2D eigenvalue weighted by Crippen LogP contribution is -2.07. The molecule has 2 N–H and O–H groups in total. The second kappa shape index (κ2) is 3.33. The third-order valence-corrected chi connectivity index (χ3v) is 1.52. The van der Waals surface area contributed by atoms with Gasteiger partial charge in [-0.1, -0.05) is 0 Å². The van der Waals surface area contributed by atoms with E-state index >= 15 is 0 Å². The van der Waals surface area contributed by atoms with Gasteiger partial charge < -0.3 is 5.32 Å². The Morgan fingerprint density at radius 3 is 3.36 bits per heavy atom. The highest BCUT2D eigenvalue weighted by atomic mass is 16.1. The lowest BCUT2D eigenvalue weighted by molar-refractivity contribution is 0.768. The van der Waals surface area contributed by atoms with Crippen LogP contribution in [0.15, 0.2) is 29.5 Å². The van der Waals surface area contributed by atoms with Crippen molar-refractivity contribution >= 4 is 11.6 Å². The predicted octanol–water partition coefficient (Wildman–Crippen LogP) is 0.247. The Morgan fingerprint density at radius 1 is 1.71 bits per heavy atom. The molecule has 0 unspecified atom stereocenters. The molecule has 2 rings (SSSR count). The summed E-state index contributed by atoms with van der Waals surface area (Å²) in [7, 11) is 0. The van der Waals surface area contributed by atoms with Gasteiger partial charge in [-0.2, -0.15) is 5.10 Å². The summed E-state index contributed by atoms with van der Waals surface area (Å²) in [6.45, 7) is -2.32. The van der Waals surface area contributed by atoms with Crippen molar-refractivity contribution in [1.29, 1.82) is 0 Å². The van der Waals surface area contributed by atoms with Crippen LogP contribution in [0.1, 0.15) is 4.11 Å². The number of H-pyrrole nitrogens is 1. The molecule has 2 aromatic rings. The van der Waals surface area contributed by atoms with Crippen molar-refractivity contribution in [1.82, 2.24) is 19.7 Å². The first-order chi connectivity index (χ1) is 7.95. The van der Waals surface area contributed by atoms with Crippen LogP contribution in [-0.4, -0.2) is 19.7 Å². The van der Waals surface area contributed by atoms with Gasteiger partial charge in [0.1, 0.15) is 0 Å². The van der Waals surface area contributed by atoms with Crippen LogP contribution in [0.3, 0.4) is 0 Å². The van der Waals surface area contributed by atoms with Crippen molar-refractivity contribution in [2.75, 3.05) is 5.32 Å². The van der Waals surface area contributed by atoms with Gasteiger partial charge in [-0.15, -0.1) is 0 Å². The van der Waals surface area contributed by atoms with Gasteiger partial charge in [0.25, 0.3) is 5.56 Å². The fourth-order valence-electron chi connectivity index (χ4n) is 0.958. The maximum atomic E-state index is 11.0. The Bertz CT molecular complexity index is 573. The minimum Gasteiger partial charge on any atom is -0.323 e. The molecule has 0 aliphatic carbocycles. The second-order valence-corrected chi connectivity index (χ2v) is 2.58. The average Bonchev–Trinajstić information content (AvgIpc) is 2.65. The highest BCUT2D eigenvalue weighted by Gasteiger charge is 1.97. The minimum atomic E-state index is -2.32. The third kappa shape index (κ3) is 1.79. The van der Waals surface area contributed by atoms with Crippen molar-refractivity contribution in [3.05, 3.63) is 35.0 Å². The minimum absolute atomic E-state index is 0.225. The zero-order chi connectivity index (χ0) is 12.5. The Balaban J connectivity index is 2.20. The standard InChI is InChI=1S/C8H9N5O/c1-13-5-6(4-10-13)11-8-9-3-2-7(14)12-8/h2-5H,1H3,(H2,9,11,12,14)/i1D3. The lowest BCUT2D eigenvalue weighted by atomic mass is 10.5. The quantitative estimate of drug-likeness (QED) is 0.718. The Hall–Kier alpha value is -2.11. The fraction of sp³-hybridized carbons (Fsp3) is 0.125. The average molecular weight is 194 g/mol. The number of hydrogen-bond donors (Lipinski definition) is 2. The molecule has 0 aliphatic heterocycles. The number of aromatic nitrogens is 4. The first kappa shape index (κ1) is 5.58. The molecule has 72 valence electrons. The van der Waals surface area contributed by atoms with Crippen LogP contribution in [0, 0.1) is 0 Å². The summed E-state index contributed by atoms with van der Waals surface area (Å²) >= 11 is 0. The second-order valence-electron chi connectivity index (χ2n) is 2.58. The van der Waals surface area contributed by atoms with E-state index in [0.29, 0.717) is 5.69 Å². The van der Waals surface area contributed by atoms with E-state index in [1.54, 1.807) is 0 Å². The van der Waals surface area contributed by atoms with E-state index in [0.717, 1.165) is 4.68 Å². The zero-order valence-electron chi connectivity index (χ0n) is 10.1. The molecule has 2 heterocycles. The molecule has 0 atom stereocenters. The van der Waals surface area contributed by atoms with E-state index in [4.69, 9.17) is 4.11 Å². The molecule has 6 heteroatoms. The van der Waals surface area contributed by atoms with Crippen molar-refractivity contribution in [2.24, 2.45) is 6.98 Å². The number of aryl methyl sites for hydroxylation is 1. The summed E-state index contributed by atoms with van der Waals surface area (Å²) in [4.78, 5) is 17.3. The van der Waals surface area contributed by atoms with Gasteiger partial charge in [0, 0.05) is 29.5 Å². The number of anilines is 2. The van der Waals surface area contributed by atoms with Gasteiger partial charge in [-0.25, -0.2) is 4.98 Å². The molecule has 0 radical (unpaired) electrons. The smallest absolute Gasteiger partial charge is 0.252 e. The normalized spacial score (nSPS) is 14.1. The molecule has 0 bridgehead atoms. The molecule has 0 saturated heterocycles. The monoisotopic (exact) mass is 194 g/mol. The van der Waals surface area contributed by atoms with Gasteiger partial charge in [0.2, 0.25) is 5.95 Å². The summed E-state index contributed by atoms with van der Waals surface area (Å²) in [6, 6.07) is 1.27. The Morgan fingerprint density at radius 2 is 2.64 bits per heavy atom. The van der Waals surface area contributed by atoms with E-state index in [1.807, 2.05) is 0 Å². The van der Waals surface area contributed by atoms with Gasteiger partial charge in [-0.05, 0) is 0 Å². The van der Waals surface area contributed by atoms with Gasteiger partial charge in [0.15, 0.2) is 0 Å². The molecule has 2 aromatic heterocycles. The number of nitrogens with zero attached hydrogens (tertiary/aromatic N) is 3. The number of nitrogens with one attached hydrogen (secondary N) is 2. The molecule has 0 spiro atoms. The SMILES string of the molecule is [2H]C([2H])([2H])n1cc(Nc2nccc(=O)[nH]2)cn1. The first-order valence-corrected chi connectivity index (χ1v) is 3.83. The van der Waals surface area contributed by atoms with Gasteiger partial charge >= 0.3 is 0 Å². The van der Waals surface area contributed by atoms with Crippen molar-refractivity contribution in [3.8, 4) is 0 Å². The molecule has 0 aromatic carbocycles. The first-order valence-electron chi connectivity index (χ1n) is 5.33. The van der Waals surface area contributed by atoms with Crippen molar-refractivity contribution < 1.29 is 4.11 Å². The molecule has 14 heavy (non-hydrogen) atoms. The van der Waals surface area contributed by atoms with Crippen LogP contribution in [0.2, 0.25) is 0 Å². The molecule has 0 fully saturated rings. The molecule has 6 nitrogen and oxygen atoms in total. The number of rotatable bonds is 2. The highest BCUT2D eigenvalue weighted by molar-refractivity contribution is 5.49. The van der Waals surface area contributed by atoms with Crippen LogP contribution in [-0.2, 0) is 6.98 Å². The Labute approximate surface area is 83.8 Å². The largest absolute Gasteiger partial charge is 0.323 e. The molecule has 0 aliphatic rings. The maximum absolute atomic E-state index is 11.0. The molecular formula is C8H9N5O. The zero-order valence-corrected chi connectivity index (χ0v) is 7.06. The summed E-state index contributed by atoms with van der Waals surface area (Å²) in [5.74, 6) is 0.225. The summed E-state index contributed by atoms with van der Waals surface area (Å²) < 4.78 is 22.2. The van der Waals surface area contributed by atoms with Crippen molar-refractivity contribution in [3.63, 3.8) is 0 Å². The molecule has 0 saturated carbocycles. The van der Waals surface area contributed by atoms with Crippen LogP contribution in [0.5, 0.6) is 0 Å². The summed E-state index contributed by atoms with van der Waals surface area (Å²) in [6.07, 6.45) is 3.98. The van der Waals surface area contributed by atoms with E-state index in [1.165, 1.54) is 24.7 Å². The maximum Gasteiger partial charge on any atom is 0.252 e. The van der Waals surface area contributed by atoms with Crippen LogP contribution < -0.4 is 10.9 Å². The molecular weight excluding hydrogens is 182 g/mol. The Kier molecular flexibility index (Phi) is 1.33. The van der Waals surface area contributed by atoms with E-state index < -0.39 is 6.98 Å². The summed E-state index contributed by atoms with van der Waals surface area (Å²) in [5, 5.41) is 6.42. The fourth-order valence-corrected chi connectivity index (χ4v) is 0.958. The summed E-state index contributed by atoms with van der Waals surface area (Å²) in [5.41, 5.74) is 0.126. The van der Waals surface area contributed by atoms with Crippen LogP contribution in [0.25, 0.3) is 0 Å². The number of hydrogen-bond acceptors (Lipinski definition) is 4. The highest BCUT2D eigenvalue weighted by Crippen LogP contribution is 2.08. The lowest BCUT2D eigenvalue weighted by Gasteiger charge is -1.99. The van der Waals surface area contributed by atoms with E-state index in [2.05, 4.69) is 20.4 Å². The van der Waals surface area contributed by atoms with Gasteiger partial charge in [0.05, 0.1) is 11.9 Å². The van der Waals surface area contributed by atoms with Crippen molar-refractivity contribution in [2.45, 2.75) is 0 Å². The van der Waals surface area contributed by atoms with Crippen LogP contribution >= 0.6 is 0 Å². The third-order valence-electron chi connectivity index (χ3n) is 1.52. The predicted molar refractivity (Wildman–Crippen MR) is 51.3 cm³/mol. The topological polar surface area (TPSA) is 75.6 Å². The number of aromatic amines is 1.